The first-order valence-electron chi connectivity index (χ1n) is 4.32. The van der Waals surface area contributed by atoms with Crippen LogP contribution in [0.2, 0.25) is 0 Å². The maximum atomic E-state index is 11.3. The molecule has 0 aromatic carbocycles. The van der Waals surface area contributed by atoms with E-state index in [1.165, 1.54) is 4.90 Å². The van der Waals surface area contributed by atoms with Crippen molar-refractivity contribution in [3.05, 3.63) is 0 Å². The number of nitrogens with one attached hydrogen (secondary N) is 1. The quantitative estimate of drug-likeness (QED) is 0.576. The van der Waals surface area contributed by atoms with Crippen LogP contribution in [-0.2, 0) is 9.59 Å². The molecule has 1 rings (SSSR count). The summed E-state index contributed by atoms with van der Waals surface area (Å²) in [6.07, 6.45) is 0.513. The van der Waals surface area contributed by atoms with Gasteiger partial charge in [0, 0.05) is 12.6 Å². The van der Waals surface area contributed by atoms with Crippen LogP contribution < -0.4 is 5.32 Å². The molecule has 0 bridgehead atoms. The van der Waals surface area contributed by atoms with Crippen LogP contribution in [0, 0.1) is 0 Å². The molecule has 5 nitrogen and oxygen atoms in total. The minimum atomic E-state index is -0.135. The van der Waals surface area contributed by atoms with Crippen molar-refractivity contribution >= 4 is 11.8 Å². The van der Waals surface area contributed by atoms with Gasteiger partial charge >= 0.3 is 0 Å². The molecule has 1 aliphatic rings. The number of aliphatic hydroxyl groups excluding tert-OH is 1. The molecular weight excluding hydrogens is 172 g/mol. The lowest BCUT2D eigenvalue weighted by atomic mass is 10.2. The summed E-state index contributed by atoms with van der Waals surface area (Å²) in [5, 5.41) is 11.1. The van der Waals surface area contributed by atoms with Crippen molar-refractivity contribution in [2.24, 2.45) is 0 Å². The minimum Gasteiger partial charge on any atom is -0.396 e. The second-order valence-corrected chi connectivity index (χ2v) is 3.16. The summed E-state index contributed by atoms with van der Waals surface area (Å²) in [4.78, 5) is 23.7. The van der Waals surface area contributed by atoms with E-state index in [4.69, 9.17) is 5.11 Å². The third-order valence-electron chi connectivity index (χ3n) is 2.15. The number of amides is 2. The highest BCUT2D eigenvalue weighted by molar-refractivity contribution is 5.92. The van der Waals surface area contributed by atoms with E-state index < -0.39 is 0 Å². The molecular formula is C8H14N2O3. The molecule has 74 valence electrons. The van der Waals surface area contributed by atoms with Gasteiger partial charge in [-0.25, -0.2) is 0 Å². The smallest absolute Gasteiger partial charge is 0.242 e. The second kappa shape index (κ2) is 4.23. The number of hydrogen-bond acceptors (Lipinski definition) is 3. The van der Waals surface area contributed by atoms with Gasteiger partial charge < -0.3 is 15.3 Å². The highest BCUT2D eigenvalue weighted by Gasteiger charge is 2.26. The summed E-state index contributed by atoms with van der Waals surface area (Å²) < 4.78 is 0. The Kier molecular flexibility index (Phi) is 3.25. The number of piperazine rings is 1. The molecule has 2 N–H and O–H groups in total. The lowest BCUT2D eigenvalue weighted by Crippen LogP contribution is -2.54. The number of nitrogens with zero attached hydrogens (tertiary/aromatic N) is 1. The lowest BCUT2D eigenvalue weighted by molar-refractivity contribution is -0.142. The van der Waals surface area contributed by atoms with Gasteiger partial charge in [-0.1, -0.05) is 0 Å². The minimum absolute atomic E-state index is 0.0343. The Hall–Kier alpha value is -1.10. The molecule has 2 amide bonds. The molecule has 13 heavy (non-hydrogen) atoms. The van der Waals surface area contributed by atoms with E-state index in [1.807, 2.05) is 6.92 Å². The first-order valence-corrected chi connectivity index (χ1v) is 4.32. The van der Waals surface area contributed by atoms with Gasteiger partial charge in [-0.2, -0.15) is 0 Å². The van der Waals surface area contributed by atoms with Crippen LogP contribution in [0.15, 0.2) is 0 Å². The summed E-state index contributed by atoms with van der Waals surface area (Å²) in [7, 11) is 0. The summed E-state index contributed by atoms with van der Waals surface area (Å²) in [5.41, 5.74) is 0. The highest BCUT2D eigenvalue weighted by Crippen LogP contribution is 2.05. The number of carbonyl (C=O) groups excluding carboxylic acids is 2. The van der Waals surface area contributed by atoms with Gasteiger partial charge in [0.15, 0.2) is 0 Å². The molecule has 1 heterocycles. The summed E-state index contributed by atoms with van der Waals surface area (Å²) in [5.74, 6) is -0.218. The Balaban J connectivity index is 2.54. The zero-order valence-corrected chi connectivity index (χ0v) is 7.62. The first kappa shape index (κ1) is 9.98. The Morgan fingerprint density at radius 2 is 2.31 bits per heavy atom. The third-order valence-corrected chi connectivity index (χ3v) is 2.15. The molecule has 0 saturated carbocycles. The molecule has 0 aromatic heterocycles. The van der Waals surface area contributed by atoms with Gasteiger partial charge in [-0.05, 0) is 13.3 Å². The average molecular weight is 186 g/mol. The third kappa shape index (κ3) is 2.42. The van der Waals surface area contributed by atoms with E-state index in [2.05, 4.69) is 5.32 Å². The van der Waals surface area contributed by atoms with Gasteiger partial charge in [-0.15, -0.1) is 0 Å². The van der Waals surface area contributed by atoms with Crippen LogP contribution >= 0.6 is 0 Å². The number of hydrogen-bond donors (Lipinski definition) is 2. The van der Waals surface area contributed by atoms with Gasteiger partial charge in [0.2, 0.25) is 11.8 Å². The molecule has 1 saturated heterocycles. The molecule has 0 spiro atoms. The maximum Gasteiger partial charge on any atom is 0.242 e. The normalized spacial score (nSPS) is 20.0. The Labute approximate surface area is 76.7 Å². The van der Waals surface area contributed by atoms with Crippen LogP contribution in [-0.4, -0.2) is 47.6 Å². The predicted molar refractivity (Wildman–Crippen MR) is 45.9 cm³/mol. The molecule has 1 fully saturated rings. The summed E-state index contributed by atoms with van der Waals surface area (Å²) >= 11 is 0. The van der Waals surface area contributed by atoms with Gasteiger partial charge in [0.05, 0.1) is 13.1 Å². The Morgan fingerprint density at radius 3 is 2.92 bits per heavy atom. The largest absolute Gasteiger partial charge is 0.396 e. The zero-order valence-electron chi connectivity index (χ0n) is 7.62. The molecule has 0 radical (unpaired) electrons. The predicted octanol–water partition coefficient (Wildman–Crippen LogP) is -1.28. The van der Waals surface area contributed by atoms with Crippen LogP contribution in [0.4, 0.5) is 0 Å². The second-order valence-electron chi connectivity index (χ2n) is 3.16. The van der Waals surface area contributed by atoms with Crippen molar-refractivity contribution in [2.75, 3.05) is 19.7 Å². The van der Waals surface area contributed by atoms with Crippen LogP contribution in [0.25, 0.3) is 0 Å². The first-order chi connectivity index (χ1) is 6.15. The monoisotopic (exact) mass is 186 g/mol. The Bertz CT molecular complexity index is 217. The standard InChI is InChI=1S/C8H14N2O3/c1-6(2-3-11)10-5-7(12)9-4-8(10)13/h6,11H,2-5H2,1H3,(H,9,12). The topological polar surface area (TPSA) is 69.6 Å². The number of rotatable bonds is 3. The molecule has 0 aliphatic carbocycles. The van der Waals surface area contributed by atoms with Crippen LogP contribution in [0.3, 0.4) is 0 Å². The van der Waals surface area contributed by atoms with E-state index in [0.717, 1.165) is 0 Å². The average Bonchev–Trinajstić information content (AvgIpc) is 2.09. The summed E-state index contributed by atoms with van der Waals surface area (Å²) in [6.45, 7) is 2.05. The van der Waals surface area contributed by atoms with Crippen molar-refractivity contribution in [1.29, 1.82) is 0 Å². The van der Waals surface area contributed by atoms with Crippen molar-refractivity contribution in [3.63, 3.8) is 0 Å². The van der Waals surface area contributed by atoms with Gasteiger partial charge in [-0.3, -0.25) is 9.59 Å². The van der Waals surface area contributed by atoms with E-state index in [-0.39, 0.29) is 37.6 Å². The molecule has 1 aliphatic heterocycles. The van der Waals surface area contributed by atoms with E-state index in [0.29, 0.717) is 6.42 Å². The summed E-state index contributed by atoms with van der Waals surface area (Å²) in [6, 6.07) is -0.0662. The fourth-order valence-electron chi connectivity index (χ4n) is 1.32. The fourth-order valence-corrected chi connectivity index (χ4v) is 1.32. The van der Waals surface area contributed by atoms with Crippen molar-refractivity contribution in [3.8, 4) is 0 Å². The van der Waals surface area contributed by atoms with Crippen LogP contribution in [0.5, 0.6) is 0 Å². The van der Waals surface area contributed by atoms with Gasteiger partial charge in [0.25, 0.3) is 0 Å². The molecule has 0 aromatic rings. The number of aliphatic hydroxyl groups is 1. The molecule has 1 atom stereocenters. The van der Waals surface area contributed by atoms with E-state index >= 15 is 0 Å². The SMILES string of the molecule is CC(CCO)N1CC(=O)NCC1=O. The fraction of sp³-hybridized carbons (Fsp3) is 0.750. The van der Waals surface area contributed by atoms with Crippen molar-refractivity contribution in [1.82, 2.24) is 10.2 Å². The van der Waals surface area contributed by atoms with Crippen LogP contribution in [0.1, 0.15) is 13.3 Å². The molecule has 1 unspecified atom stereocenters. The van der Waals surface area contributed by atoms with E-state index in [9.17, 15) is 9.59 Å². The van der Waals surface area contributed by atoms with Crippen molar-refractivity contribution < 1.29 is 14.7 Å². The maximum absolute atomic E-state index is 11.3. The highest BCUT2D eigenvalue weighted by atomic mass is 16.3. The van der Waals surface area contributed by atoms with Crippen molar-refractivity contribution in [2.45, 2.75) is 19.4 Å². The number of carbonyl (C=O) groups is 2. The molecule has 5 heteroatoms. The van der Waals surface area contributed by atoms with E-state index in [1.54, 1.807) is 0 Å². The zero-order chi connectivity index (χ0) is 9.84. The Morgan fingerprint density at radius 1 is 1.62 bits per heavy atom. The van der Waals surface area contributed by atoms with Gasteiger partial charge in [0.1, 0.15) is 0 Å². The lowest BCUT2D eigenvalue weighted by Gasteiger charge is -2.31.